The average Bonchev–Trinajstić information content (AvgIpc) is 2.74. The Bertz CT molecular complexity index is 821. The number of rotatable bonds is 8. The molecule has 1 saturated heterocycles. The Labute approximate surface area is 175 Å². The molecule has 0 aliphatic carbocycles. The molecular formula is C23H28F2N2O3. The number of benzene rings is 2. The van der Waals surface area contributed by atoms with Crippen LogP contribution in [0.1, 0.15) is 31.7 Å². The van der Waals surface area contributed by atoms with Gasteiger partial charge >= 0.3 is 6.61 Å². The van der Waals surface area contributed by atoms with Crippen LogP contribution in [0, 0.1) is 5.92 Å². The molecule has 1 amide bonds. The van der Waals surface area contributed by atoms with E-state index >= 15 is 0 Å². The molecule has 1 fully saturated rings. The van der Waals surface area contributed by atoms with Crippen LogP contribution in [-0.4, -0.2) is 41.7 Å². The lowest BCUT2D eigenvalue weighted by molar-refractivity contribution is -0.121. The summed E-state index contributed by atoms with van der Waals surface area (Å²) in [6.07, 6.45) is 4.08. The number of carbonyl (C=O) groups is 1. The number of likely N-dealkylation sites (tertiary alicyclic amines) is 1. The highest BCUT2D eigenvalue weighted by atomic mass is 19.3. The number of halogens is 2. The van der Waals surface area contributed by atoms with Gasteiger partial charge in [-0.2, -0.15) is 8.78 Å². The molecule has 0 spiro atoms. The zero-order valence-corrected chi connectivity index (χ0v) is 17.1. The predicted molar refractivity (Wildman–Crippen MR) is 112 cm³/mol. The Morgan fingerprint density at radius 2 is 1.83 bits per heavy atom. The number of ether oxygens (including phenoxy) is 1. The summed E-state index contributed by atoms with van der Waals surface area (Å²) in [6.45, 7) is 0.539. The number of alkyl halides is 2. The van der Waals surface area contributed by atoms with Crippen molar-refractivity contribution in [1.82, 2.24) is 4.90 Å². The van der Waals surface area contributed by atoms with Crippen LogP contribution in [-0.2, 0) is 11.2 Å². The lowest BCUT2D eigenvalue weighted by atomic mass is 9.90. The van der Waals surface area contributed by atoms with E-state index in [0.717, 1.165) is 38.8 Å². The van der Waals surface area contributed by atoms with Crippen molar-refractivity contribution < 1.29 is 23.4 Å². The Balaban J connectivity index is 1.47. The summed E-state index contributed by atoms with van der Waals surface area (Å²) in [5, 5.41) is 12.1. The van der Waals surface area contributed by atoms with Crippen molar-refractivity contribution in [3.05, 3.63) is 54.1 Å². The number of hydrogen-bond acceptors (Lipinski definition) is 4. The number of carbonyl (C=O) groups excluding carboxylic acids is 1. The molecule has 1 heterocycles. The van der Waals surface area contributed by atoms with Crippen molar-refractivity contribution >= 4 is 11.6 Å². The number of nitrogens with zero attached hydrogens (tertiary/aromatic N) is 1. The molecule has 1 aliphatic heterocycles. The van der Waals surface area contributed by atoms with E-state index in [9.17, 15) is 18.7 Å². The van der Waals surface area contributed by atoms with Crippen molar-refractivity contribution in [3.63, 3.8) is 0 Å². The van der Waals surface area contributed by atoms with Crippen LogP contribution >= 0.6 is 0 Å². The molecule has 0 aromatic heterocycles. The molecule has 0 radical (unpaired) electrons. The van der Waals surface area contributed by atoms with Gasteiger partial charge in [0.15, 0.2) is 0 Å². The third kappa shape index (κ3) is 6.16. The minimum absolute atomic E-state index is 0.0408. The number of phenols is 1. The number of nitrogens with one attached hydrogen (secondary N) is 1. The highest BCUT2D eigenvalue weighted by Crippen LogP contribution is 2.27. The van der Waals surface area contributed by atoms with Gasteiger partial charge in [-0.1, -0.05) is 24.3 Å². The molecule has 30 heavy (non-hydrogen) atoms. The zero-order chi connectivity index (χ0) is 21.5. The Kier molecular flexibility index (Phi) is 7.63. The summed E-state index contributed by atoms with van der Waals surface area (Å²) in [5.41, 5.74) is 1.46. The first-order chi connectivity index (χ1) is 14.4. The normalized spacial score (nSPS) is 16.4. The first-order valence-electron chi connectivity index (χ1n) is 10.3. The van der Waals surface area contributed by atoms with Crippen LogP contribution in [0.25, 0.3) is 0 Å². The fourth-order valence-corrected chi connectivity index (χ4v) is 3.83. The maximum atomic E-state index is 12.7. The minimum atomic E-state index is -2.94. The van der Waals surface area contributed by atoms with Gasteiger partial charge in [0.2, 0.25) is 5.91 Å². The summed E-state index contributed by atoms with van der Waals surface area (Å²) in [7, 11) is 0. The molecule has 0 saturated carbocycles. The fourth-order valence-electron chi connectivity index (χ4n) is 3.83. The Hall–Kier alpha value is -2.67. The summed E-state index contributed by atoms with van der Waals surface area (Å²) in [4.78, 5) is 14.8. The Morgan fingerprint density at radius 1 is 1.17 bits per heavy atom. The topological polar surface area (TPSA) is 61.8 Å². The Morgan fingerprint density at radius 3 is 2.50 bits per heavy atom. The molecular weight excluding hydrogens is 390 g/mol. The van der Waals surface area contributed by atoms with E-state index in [2.05, 4.69) is 15.0 Å². The molecule has 2 aromatic rings. The summed E-state index contributed by atoms with van der Waals surface area (Å²) in [5.74, 6) is 0.608. The summed E-state index contributed by atoms with van der Waals surface area (Å²) >= 11 is 0. The molecule has 2 N–H and O–H groups in total. The maximum absolute atomic E-state index is 12.7. The highest BCUT2D eigenvalue weighted by molar-refractivity contribution is 5.95. The van der Waals surface area contributed by atoms with Crippen molar-refractivity contribution in [3.8, 4) is 11.5 Å². The van der Waals surface area contributed by atoms with Gasteiger partial charge in [-0.25, -0.2) is 0 Å². The lowest BCUT2D eigenvalue weighted by Crippen LogP contribution is -2.46. The molecule has 1 atom stereocenters. The van der Waals surface area contributed by atoms with Gasteiger partial charge in [0.25, 0.3) is 0 Å². The highest BCUT2D eigenvalue weighted by Gasteiger charge is 2.27. The molecule has 1 unspecified atom stereocenters. The van der Waals surface area contributed by atoms with Gasteiger partial charge in [0, 0.05) is 0 Å². The molecule has 2 aromatic carbocycles. The van der Waals surface area contributed by atoms with Crippen LogP contribution in [0.15, 0.2) is 48.5 Å². The second-order valence-corrected chi connectivity index (χ2v) is 7.72. The van der Waals surface area contributed by atoms with E-state index in [1.54, 1.807) is 30.3 Å². The van der Waals surface area contributed by atoms with E-state index in [1.807, 2.05) is 19.1 Å². The fraction of sp³-hybridized carbons (Fsp3) is 0.435. The molecule has 1 aliphatic rings. The SMILES string of the molecule is CC(C(=O)Nc1ccccc1OC(F)F)N1CCC(CCc2ccc(O)cc2)CC1. The first-order valence-corrected chi connectivity index (χ1v) is 10.3. The standard InChI is InChI=1S/C23H28F2N2O3/c1-16(22(29)26-20-4-2-3-5-21(20)30-23(24)25)27-14-12-18(13-15-27)7-6-17-8-10-19(28)11-9-17/h2-5,8-11,16,18,23,28H,6-7,12-15H2,1H3,(H,26,29). The average molecular weight is 418 g/mol. The number of aromatic hydroxyl groups is 1. The van der Waals surface area contributed by atoms with E-state index in [-0.39, 0.29) is 29.1 Å². The largest absolute Gasteiger partial charge is 0.508 e. The van der Waals surface area contributed by atoms with Crippen molar-refractivity contribution in [2.75, 3.05) is 18.4 Å². The van der Waals surface area contributed by atoms with Crippen molar-refractivity contribution in [2.45, 2.75) is 45.3 Å². The number of anilines is 1. The van der Waals surface area contributed by atoms with Gasteiger partial charge in [-0.3, -0.25) is 9.69 Å². The zero-order valence-electron chi connectivity index (χ0n) is 17.1. The van der Waals surface area contributed by atoms with E-state index in [4.69, 9.17) is 0 Å². The minimum Gasteiger partial charge on any atom is -0.508 e. The second-order valence-electron chi connectivity index (χ2n) is 7.72. The number of hydrogen-bond donors (Lipinski definition) is 2. The summed E-state index contributed by atoms with van der Waals surface area (Å²) in [6, 6.07) is 13.2. The molecule has 7 heteroatoms. The molecule has 3 rings (SSSR count). The lowest BCUT2D eigenvalue weighted by Gasteiger charge is -2.35. The quantitative estimate of drug-likeness (QED) is 0.654. The first kappa shape index (κ1) is 22.0. The van der Waals surface area contributed by atoms with E-state index in [0.29, 0.717) is 5.92 Å². The van der Waals surface area contributed by atoms with Crippen LogP contribution in [0.4, 0.5) is 14.5 Å². The van der Waals surface area contributed by atoms with Gasteiger partial charge in [0.05, 0.1) is 11.7 Å². The van der Waals surface area contributed by atoms with Gasteiger partial charge in [-0.05, 0) is 81.4 Å². The number of aryl methyl sites for hydroxylation is 1. The second kappa shape index (κ2) is 10.4. The maximum Gasteiger partial charge on any atom is 0.387 e. The third-order valence-electron chi connectivity index (χ3n) is 5.71. The molecule has 5 nitrogen and oxygen atoms in total. The smallest absolute Gasteiger partial charge is 0.387 e. The predicted octanol–water partition coefficient (Wildman–Crippen LogP) is 4.67. The van der Waals surface area contributed by atoms with Crippen LogP contribution in [0.2, 0.25) is 0 Å². The number of piperidine rings is 1. The number of phenolic OH excluding ortho intramolecular Hbond substituents is 1. The van der Waals surface area contributed by atoms with Crippen LogP contribution < -0.4 is 10.1 Å². The third-order valence-corrected chi connectivity index (χ3v) is 5.71. The van der Waals surface area contributed by atoms with Gasteiger partial charge in [-0.15, -0.1) is 0 Å². The summed E-state index contributed by atoms with van der Waals surface area (Å²) < 4.78 is 29.6. The molecule has 162 valence electrons. The van der Waals surface area contributed by atoms with Crippen molar-refractivity contribution in [2.24, 2.45) is 5.92 Å². The monoisotopic (exact) mass is 418 g/mol. The van der Waals surface area contributed by atoms with E-state index < -0.39 is 6.61 Å². The number of amides is 1. The molecule has 0 bridgehead atoms. The van der Waals surface area contributed by atoms with Crippen molar-refractivity contribution in [1.29, 1.82) is 0 Å². The van der Waals surface area contributed by atoms with Gasteiger partial charge < -0.3 is 15.2 Å². The van der Waals surface area contributed by atoms with Crippen LogP contribution in [0.5, 0.6) is 11.5 Å². The van der Waals surface area contributed by atoms with E-state index in [1.165, 1.54) is 11.6 Å². The van der Waals surface area contributed by atoms with Gasteiger partial charge in [0.1, 0.15) is 11.5 Å². The van der Waals surface area contributed by atoms with Crippen LogP contribution in [0.3, 0.4) is 0 Å². The number of para-hydroxylation sites is 2.